The molecule has 4 rings (SSSR count). The van der Waals surface area contributed by atoms with E-state index >= 15 is 0 Å². The number of fused-ring (bicyclic) bond motifs is 3. The summed E-state index contributed by atoms with van der Waals surface area (Å²) in [7, 11) is 1.47. The van der Waals surface area contributed by atoms with Crippen LogP contribution >= 0.6 is 0 Å². The Morgan fingerprint density at radius 3 is 2.39 bits per heavy atom. The molecule has 0 amide bonds. The van der Waals surface area contributed by atoms with Crippen LogP contribution in [-0.2, 0) is 11.2 Å². The summed E-state index contributed by atoms with van der Waals surface area (Å²) in [6.45, 7) is -0.693. The number of rotatable bonds is 5. The van der Waals surface area contributed by atoms with Crippen molar-refractivity contribution in [2.24, 2.45) is 0 Å². The van der Waals surface area contributed by atoms with Crippen molar-refractivity contribution in [2.75, 3.05) is 20.3 Å². The van der Waals surface area contributed by atoms with Crippen LogP contribution in [0.1, 0.15) is 11.1 Å². The van der Waals surface area contributed by atoms with Crippen molar-refractivity contribution in [3.63, 3.8) is 0 Å². The molecule has 0 spiro atoms. The maximum Gasteiger partial charge on any atom is 0.229 e. The van der Waals surface area contributed by atoms with Crippen LogP contribution in [0.5, 0.6) is 11.5 Å². The number of hydrogen-bond donors (Lipinski definition) is 5. The molecule has 0 bridgehead atoms. The van der Waals surface area contributed by atoms with Gasteiger partial charge in [-0.25, -0.2) is 0 Å². The summed E-state index contributed by atoms with van der Waals surface area (Å²) in [5.74, 6) is 0.592. The van der Waals surface area contributed by atoms with Gasteiger partial charge in [-0.15, -0.1) is 0 Å². The number of aliphatic hydroxyl groups is 5. The molecule has 0 aromatic heterocycles. The average molecular weight is 430 g/mol. The highest BCUT2D eigenvalue weighted by atomic mass is 16.7. The summed E-state index contributed by atoms with van der Waals surface area (Å²) < 4.78 is 16.8. The molecule has 31 heavy (non-hydrogen) atoms. The number of benzene rings is 2. The molecule has 1 fully saturated rings. The Morgan fingerprint density at radius 2 is 1.68 bits per heavy atom. The lowest BCUT2D eigenvalue weighted by atomic mass is 9.94. The first-order chi connectivity index (χ1) is 15.0. The zero-order valence-electron chi connectivity index (χ0n) is 17.0. The summed E-state index contributed by atoms with van der Waals surface area (Å²) in [4.78, 5) is 0. The summed E-state index contributed by atoms with van der Waals surface area (Å²) >= 11 is 0. The summed E-state index contributed by atoms with van der Waals surface area (Å²) in [5, 5.41) is 49.7. The first kappa shape index (κ1) is 21.8. The molecular formula is C23H26O8. The van der Waals surface area contributed by atoms with Crippen molar-refractivity contribution in [2.45, 2.75) is 37.1 Å². The van der Waals surface area contributed by atoms with E-state index in [1.807, 2.05) is 30.3 Å². The van der Waals surface area contributed by atoms with Gasteiger partial charge in [0.05, 0.1) is 20.3 Å². The van der Waals surface area contributed by atoms with Gasteiger partial charge >= 0.3 is 0 Å². The Kier molecular flexibility index (Phi) is 6.29. The maximum absolute atomic E-state index is 10.3. The second kappa shape index (κ2) is 8.96. The Balaban J connectivity index is 1.77. The van der Waals surface area contributed by atoms with Crippen LogP contribution in [0, 0.1) is 0 Å². The van der Waals surface area contributed by atoms with E-state index in [1.165, 1.54) is 7.11 Å². The first-order valence-corrected chi connectivity index (χ1v) is 10.1. The number of ether oxygens (including phenoxy) is 3. The number of methoxy groups -OCH3 is 1. The number of allylic oxidation sites excluding steroid dienone is 1. The van der Waals surface area contributed by atoms with Gasteiger partial charge < -0.3 is 39.7 Å². The van der Waals surface area contributed by atoms with Crippen LogP contribution in [0.25, 0.3) is 16.7 Å². The highest BCUT2D eigenvalue weighted by Crippen LogP contribution is 2.42. The second-order valence-corrected chi connectivity index (χ2v) is 7.61. The fourth-order valence-corrected chi connectivity index (χ4v) is 4.04. The van der Waals surface area contributed by atoms with Gasteiger partial charge in [0.25, 0.3) is 0 Å². The average Bonchev–Trinajstić information content (AvgIpc) is 2.95. The topological polar surface area (TPSA) is 129 Å². The van der Waals surface area contributed by atoms with Gasteiger partial charge in [0.2, 0.25) is 6.29 Å². The first-order valence-electron chi connectivity index (χ1n) is 10.1. The van der Waals surface area contributed by atoms with E-state index in [-0.39, 0.29) is 12.4 Å². The quantitative estimate of drug-likeness (QED) is 0.463. The van der Waals surface area contributed by atoms with Crippen LogP contribution in [0.3, 0.4) is 0 Å². The predicted molar refractivity (Wildman–Crippen MR) is 112 cm³/mol. The molecule has 5 atom stereocenters. The van der Waals surface area contributed by atoms with E-state index in [1.54, 1.807) is 12.1 Å². The van der Waals surface area contributed by atoms with Crippen LogP contribution in [0.15, 0.2) is 42.5 Å². The molecule has 5 N–H and O–H groups in total. The molecule has 1 saturated heterocycles. The minimum atomic E-state index is -1.55. The van der Waals surface area contributed by atoms with E-state index in [0.717, 1.165) is 27.8 Å². The maximum atomic E-state index is 10.3. The van der Waals surface area contributed by atoms with E-state index in [4.69, 9.17) is 14.2 Å². The van der Waals surface area contributed by atoms with E-state index in [0.29, 0.717) is 12.2 Å². The Hall–Kier alpha value is -2.46. The lowest BCUT2D eigenvalue weighted by molar-refractivity contribution is -0.277. The fraction of sp³-hybridized carbons (Fsp3) is 0.391. The molecule has 2 aromatic carbocycles. The molecule has 1 aliphatic heterocycles. The molecular weight excluding hydrogens is 404 g/mol. The minimum Gasteiger partial charge on any atom is -0.493 e. The largest absolute Gasteiger partial charge is 0.493 e. The van der Waals surface area contributed by atoms with E-state index < -0.39 is 37.3 Å². The van der Waals surface area contributed by atoms with Gasteiger partial charge in [-0.2, -0.15) is 0 Å². The number of hydrogen-bond acceptors (Lipinski definition) is 8. The summed E-state index contributed by atoms with van der Waals surface area (Å²) in [6, 6.07) is 11.4. The molecule has 0 unspecified atom stereocenters. The van der Waals surface area contributed by atoms with Crippen LogP contribution in [-0.4, -0.2) is 76.6 Å². The van der Waals surface area contributed by atoms with Gasteiger partial charge in [-0.1, -0.05) is 30.3 Å². The van der Waals surface area contributed by atoms with Crippen molar-refractivity contribution >= 4 is 5.57 Å². The molecule has 166 valence electrons. The van der Waals surface area contributed by atoms with Gasteiger partial charge in [0, 0.05) is 0 Å². The van der Waals surface area contributed by atoms with Crippen molar-refractivity contribution < 1.29 is 39.7 Å². The Bertz CT molecular complexity index is 970. The smallest absolute Gasteiger partial charge is 0.229 e. The molecule has 1 heterocycles. The molecule has 8 heteroatoms. The van der Waals surface area contributed by atoms with Crippen molar-refractivity contribution in [3.05, 3.63) is 53.6 Å². The molecule has 1 aliphatic carbocycles. The SMILES string of the molecule is COc1cc2c(cc1O[C@@H]1O[C@H](CO)[C@@H](O)[C@H](O)[C@H]1O)-c1ccccc1CC=C2CO. The van der Waals surface area contributed by atoms with Gasteiger partial charge in [0.1, 0.15) is 24.4 Å². The third kappa shape index (κ3) is 3.94. The molecule has 8 nitrogen and oxygen atoms in total. The highest BCUT2D eigenvalue weighted by molar-refractivity contribution is 5.87. The normalized spacial score (nSPS) is 27.5. The number of aliphatic hydroxyl groups excluding tert-OH is 5. The minimum absolute atomic E-state index is 0.142. The summed E-state index contributed by atoms with van der Waals surface area (Å²) in [5.41, 5.74) is 4.41. The third-order valence-electron chi connectivity index (χ3n) is 5.79. The van der Waals surface area contributed by atoms with Crippen LogP contribution in [0.4, 0.5) is 0 Å². The highest BCUT2D eigenvalue weighted by Gasteiger charge is 2.45. The standard InChI is InChI=1S/C23H26O8/c1-29-17-8-15-13(10-24)7-6-12-4-2-3-5-14(12)16(15)9-18(17)30-23-22(28)21(27)20(26)19(11-25)31-23/h2-5,7-9,19-28H,6,10-11H2,1H3/t19-,20-,21+,22-,23-/m1/s1. The van der Waals surface area contributed by atoms with Crippen LogP contribution in [0.2, 0.25) is 0 Å². The molecule has 2 aliphatic rings. The lowest BCUT2D eigenvalue weighted by Gasteiger charge is -2.39. The van der Waals surface area contributed by atoms with Gasteiger partial charge in [-0.3, -0.25) is 0 Å². The van der Waals surface area contributed by atoms with Gasteiger partial charge in [-0.05, 0) is 46.4 Å². The Morgan fingerprint density at radius 1 is 0.935 bits per heavy atom. The van der Waals surface area contributed by atoms with Gasteiger partial charge in [0.15, 0.2) is 11.5 Å². The fourth-order valence-electron chi connectivity index (χ4n) is 4.04. The van der Waals surface area contributed by atoms with Crippen LogP contribution < -0.4 is 9.47 Å². The molecule has 0 saturated carbocycles. The zero-order chi connectivity index (χ0) is 22.1. The van der Waals surface area contributed by atoms with Crippen molar-refractivity contribution in [1.82, 2.24) is 0 Å². The third-order valence-corrected chi connectivity index (χ3v) is 5.79. The monoisotopic (exact) mass is 430 g/mol. The molecule has 0 radical (unpaired) electrons. The lowest BCUT2D eigenvalue weighted by Crippen LogP contribution is -2.60. The second-order valence-electron chi connectivity index (χ2n) is 7.61. The Labute approximate surface area is 179 Å². The van der Waals surface area contributed by atoms with E-state index in [2.05, 4.69) is 0 Å². The molecule has 2 aromatic rings. The van der Waals surface area contributed by atoms with Crippen molar-refractivity contribution in [1.29, 1.82) is 0 Å². The van der Waals surface area contributed by atoms with Crippen molar-refractivity contribution in [3.8, 4) is 22.6 Å². The summed E-state index contributed by atoms with van der Waals surface area (Å²) in [6.07, 6.45) is -4.35. The predicted octanol–water partition coefficient (Wildman–Crippen LogP) is 0.473. The van der Waals surface area contributed by atoms with E-state index in [9.17, 15) is 25.5 Å². The zero-order valence-corrected chi connectivity index (χ0v) is 17.0.